The minimum absolute atomic E-state index is 0.0691. The number of hydrogen-bond acceptors (Lipinski definition) is 8. The lowest BCUT2D eigenvalue weighted by atomic mass is 10.2. The molecule has 0 radical (unpaired) electrons. The van der Waals surface area contributed by atoms with Crippen molar-refractivity contribution < 1.29 is 23.8 Å². The van der Waals surface area contributed by atoms with Crippen LogP contribution in [-0.4, -0.2) is 63.7 Å². The Morgan fingerprint density at radius 3 is 2.66 bits per heavy atom. The first kappa shape index (κ1) is 25.4. The van der Waals surface area contributed by atoms with Gasteiger partial charge in [-0.3, -0.25) is 0 Å². The van der Waals surface area contributed by atoms with Crippen molar-refractivity contribution in [3.05, 3.63) is 29.1 Å². The fourth-order valence-electron chi connectivity index (χ4n) is 2.77. The van der Waals surface area contributed by atoms with Crippen LogP contribution in [0.4, 0.5) is 4.79 Å². The van der Waals surface area contributed by atoms with Crippen molar-refractivity contribution in [3.8, 4) is 11.4 Å². The second kappa shape index (κ2) is 11.1. The lowest BCUT2D eigenvalue weighted by Crippen LogP contribution is -2.24. The van der Waals surface area contributed by atoms with Gasteiger partial charge in [-0.1, -0.05) is 0 Å². The molecule has 0 spiro atoms. The van der Waals surface area contributed by atoms with Gasteiger partial charge in [-0.15, -0.1) is 0 Å². The molecule has 11 heteroatoms. The first-order valence-electron chi connectivity index (χ1n) is 10.0. The first-order chi connectivity index (χ1) is 15.0. The Morgan fingerprint density at radius 2 is 2.03 bits per heavy atom. The van der Waals surface area contributed by atoms with E-state index in [1.165, 1.54) is 13.3 Å². The Kier molecular flexibility index (Phi) is 8.85. The standard InChI is InChI=1S/C21H28ClN5O5/c1-7-31-18(28)17-25-15(16-13(2)8-23-19(22)26-16)11-27(17)10-14(12-30-6)9-24-20(29)32-21(3,4)5/h8-9,11,14H,7,10,12H2,1-6H3. The molecule has 2 aromatic rings. The van der Waals surface area contributed by atoms with Gasteiger partial charge in [-0.2, -0.15) is 4.99 Å². The zero-order valence-corrected chi connectivity index (χ0v) is 19.8. The van der Waals surface area contributed by atoms with E-state index >= 15 is 0 Å². The van der Waals surface area contributed by atoms with E-state index in [1.807, 2.05) is 6.92 Å². The van der Waals surface area contributed by atoms with Gasteiger partial charge in [-0.25, -0.2) is 24.5 Å². The average molecular weight is 466 g/mol. The predicted molar refractivity (Wildman–Crippen MR) is 119 cm³/mol. The molecule has 0 aliphatic heterocycles. The van der Waals surface area contributed by atoms with Gasteiger partial charge in [0, 0.05) is 38.2 Å². The van der Waals surface area contributed by atoms with Crippen molar-refractivity contribution in [2.24, 2.45) is 10.9 Å². The van der Waals surface area contributed by atoms with E-state index in [2.05, 4.69) is 19.9 Å². The summed E-state index contributed by atoms with van der Waals surface area (Å²) in [6, 6.07) is 0. The summed E-state index contributed by atoms with van der Waals surface area (Å²) in [6.07, 6.45) is 3.98. The molecule has 174 valence electrons. The van der Waals surface area contributed by atoms with Crippen LogP contribution < -0.4 is 0 Å². The molecule has 0 aromatic carbocycles. The molecule has 0 saturated heterocycles. The van der Waals surface area contributed by atoms with Crippen LogP contribution in [0.5, 0.6) is 0 Å². The first-order valence-corrected chi connectivity index (χ1v) is 10.4. The van der Waals surface area contributed by atoms with Gasteiger partial charge in [-0.05, 0) is 51.8 Å². The number of aliphatic imine (C=N–C) groups is 1. The summed E-state index contributed by atoms with van der Waals surface area (Å²) < 4.78 is 17.2. The molecule has 1 amide bonds. The number of imidazole rings is 1. The van der Waals surface area contributed by atoms with Gasteiger partial charge in [0.15, 0.2) is 0 Å². The van der Waals surface area contributed by atoms with E-state index in [4.69, 9.17) is 25.8 Å². The van der Waals surface area contributed by atoms with Crippen molar-refractivity contribution in [2.75, 3.05) is 20.3 Å². The summed E-state index contributed by atoms with van der Waals surface area (Å²) >= 11 is 5.94. The Morgan fingerprint density at radius 1 is 1.31 bits per heavy atom. The van der Waals surface area contributed by atoms with Crippen LogP contribution in [0.2, 0.25) is 5.28 Å². The summed E-state index contributed by atoms with van der Waals surface area (Å²) in [5.41, 5.74) is 1.03. The van der Waals surface area contributed by atoms with Crippen LogP contribution in [0.25, 0.3) is 11.4 Å². The Balaban J connectivity index is 2.37. The molecule has 32 heavy (non-hydrogen) atoms. The number of nitrogens with zero attached hydrogens (tertiary/aromatic N) is 5. The molecule has 2 aromatic heterocycles. The highest BCUT2D eigenvalue weighted by atomic mass is 35.5. The number of aromatic nitrogens is 4. The molecule has 1 unspecified atom stereocenters. The van der Waals surface area contributed by atoms with Crippen LogP contribution >= 0.6 is 11.6 Å². The number of rotatable bonds is 8. The number of halogens is 1. The molecule has 10 nitrogen and oxygen atoms in total. The summed E-state index contributed by atoms with van der Waals surface area (Å²) in [4.78, 5) is 40.9. The number of methoxy groups -OCH3 is 1. The minimum Gasteiger partial charge on any atom is -0.460 e. The van der Waals surface area contributed by atoms with Gasteiger partial charge in [0.25, 0.3) is 0 Å². The van der Waals surface area contributed by atoms with Crippen LogP contribution in [0.15, 0.2) is 17.4 Å². The molecule has 0 fully saturated rings. The smallest absolute Gasteiger partial charge is 0.433 e. The van der Waals surface area contributed by atoms with Gasteiger partial charge < -0.3 is 18.8 Å². The van der Waals surface area contributed by atoms with E-state index in [0.717, 1.165) is 5.56 Å². The molecule has 1 atom stereocenters. The number of carbonyl (C=O) groups excluding carboxylic acids is 2. The maximum atomic E-state index is 12.5. The highest BCUT2D eigenvalue weighted by Crippen LogP contribution is 2.22. The zero-order valence-electron chi connectivity index (χ0n) is 19.1. The van der Waals surface area contributed by atoms with E-state index in [9.17, 15) is 9.59 Å². The second-order valence-corrected chi connectivity index (χ2v) is 8.31. The van der Waals surface area contributed by atoms with Crippen molar-refractivity contribution in [1.29, 1.82) is 0 Å². The monoisotopic (exact) mass is 465 g/mol. The molecular weight excluding hydrogens is 438 g/mol. The number of hydrogen-bond donors (Lipinski definition) is 0. The van der Waals surface area contributed by atoms with Crippen molar-refractivity contribution >= 4 is 29.9 Å². The fourth-order valence-corrected chi connectivity index (χ4v) is 2.91. The van der Waals surface area contributed by atoms with E-state index in [1.54, 1.807) is 44.7 Å². The third kappa shape index (κ3) is 7.38. The summed E-state index contributed by atoms with van der Waals surface area (Å²) in [5, 5.41) is 0.0691. The van der Waals surface area contributed by atoms with Gasteiger partial charge in [0.05, 0.1) is 18.9 Å². The number of amides is 1. The Hall–Kier alpha value is -2.85. The number of aryl methyl sites for hydroxylation is 1. The molecule has 0 aliphatic rings. The van der Waals surface area contributed by atoms with Crippen molar-refractivity contribution in [1.82, 2.24) is 19.5 Å². The van der Waals surface area contributed by atoms with E-state index < -0.39 is 17.7 Å². The number of esters is 1. The third-order valence-corrected chi connectivity index (χ3v) is 4.20. The molecule has 0 bridgehead atoms. The quantitative estimate of drug-likeness (QED) is 0.328. The molecule has 2 heterocycles. The SMILES string of the molecule is CCOC(=O)c1nc(-c2nc(Cl)ncc2C)cn1CC(C=NC(=O)OC(C)(C)C)COC. The van der Waals surface area contributed by atoms with Crippen LogP contribution in [0.1, 0.15) is 43.9 Å². The lowest BCUT2D eigenvalue weighted by molar-refractivity contribution is 0.0502. The largest absolute Gasteiger partial charge is 0.460 e. The van der Waals surface area contributed by atoms with E-state index in [0.29, 0.717) is 11.4 Å². The van der Waals surface area contributed by atoms with Crippen LogP contribution in [0.3, 0.4) is 0 Å². The highest BCUT2D eigenvalue weighted by Gasteiger charge is 2.22. The number of ether oxygens (including phenoxy) is 3. The topological polar surface area (TPSA) is 118 Å². The maximum absolute atomic E-state index is 12.5. The Labute approximate surface area is 192 Å². The Bertz CT molecular complexity index is 983. The predicted octanol–water partition coefficient (Wildman–Crippen LogP) is 3.75. The summed E-state index contributed by atoms with van der Waals surface area (Å²) in [7, 11) is 1.53. The van der Waals surface area contributed by atoms with Crippen LogP contribution in [-0.2, 0) is 20.8 Å². The van der Waals surface area contributed by atoms with Crippen molar-refractivity contribution in [2.45, 2.75) is 46.8 Å². The molecule has 0 saturated carbocycles. The van der Waals surface area contributed by atoms with Gasteiger partial charge in [0.2, 0.25) is 11.1 Å². The fraction of sp³-hybridized carbons (Fsp3) is 0.524. The summed E-state index contributed by atoms with van der Waals surface area (Å²) in [5.74, 6) is -0.850. The molecular formula is C21H28ClN5O5. The lowest BCUT2D eigenvalue weighted by Gasteiger charge is -2.18. The second-order valence-electron chi connectivity index (χ2n) is 7.97. The molecule has 0 N–H and O–H groups in total. The van der Waals surface area contributed by atoms with E-state index in [-0.39, 0.29) is 36.8 Å². The normalized spacial score (nSPS) is 12.7. The van der Waals surface area contributed by atoms with Gasteiger partial charge >= 0.3 is 12.1 Å². The average Bonchev–Trinajstić information content (AvgIpc) is 3.11. The minimum atomic E-state index is -0.707. The van der Waals surface area contributed by atoms with Crippen LogP contribution in [0, 0.1) is 12.8 Å². The maximum Gasteiger partial charge on any atom is 0.433 e. The zero-order chi connectivity index (χ0) is 23.9. The molecule has 2 rings (SSSR count). The highest BCUT2D eigenvalue weighted by molar-refractivity contribution is 6.28. The van der Waals surface area contributed by atoms with Gasteiger partial charge in [0.1, 0.15) is 11.3 Å². The third-order valence-electron chi connectivity index (χ3n) is 4.02. The molecule has 0 aliphatic carbocycles. The summed E-state index contributed by atoms with van der Waals surface area (Å²) in [6.45, 7) is 9.49. The number of carbonyl (C=O) groups is 2. The van der Waals surface area contributed by atoms with Crippen molar-refractivity contribution in [3.63, 3.8) is 0 Å².